The van der Waals surface area contributed by atoms with E-state index in [2.05, 4.69) is 5.32 Å². The number of rotatable bonds is 2. The zero-order valence-electron chi connectivity index (χ0n) is 9.85. The quantitative estimate of drug-likeness (QED) is 0.811. The molecule has 1 amide bonds. The Kier molecular flexibility index (Phi) is 2.52. The van der Waals surface area contributed by atoms with Crippen molar-refractivity contribution in [2.45, 2.75) is 12.0 Å². The Bertz CT molecular complexity index is 443. The fraction of sp³-hybridized carbons (Fsp3) is 0.462. The van der Waals surface area contributed by atoms with E-state index in [0.29, 0.717) is 12.6 Å². The maximum Gasteiger partial charge on any atom is 0.233 e. The molecule has 4 heteroatoms. The molecule has 1 saturated heterocycles. The summed E-state index contributed by atoms with van der Waals surface area (Å²) in [4.78, 5) is 14.2. The number of amides is 1. The maximum absolute atomic E-state index is 12.4. The highest BCUT2D eigenvalue weighted by Gasteiger charge is 2.35. The lowest BCUT2D eigenvalue weighted by Crippen LogP contribution is -2.58. The number of carbonyl (C=O) groups excluding carboxylic acids is 1. The number of hydrogen-bond acceptors (Lipinski definition) is 3. The molecule has 1 aromatic carbocycles. The van der Waals surface area contributed by atoms with Crippen molar-refractivity contribution in [2.75, 3.05) is 26.7 Å². The second-order valence-electron chi connectivity index (χ2n) is 4.66. The van der Waals surface area contributed by atoms with Gasteiger partial charge in [0.2, 0.25) is 5.91 Å². The molecule has 3 rings (SSSR count). The Morgan fingerprint density at radius 2 is 2.18 bits per heavy atom. The first-order valence-corrected chi connectivity index (χ1v) is 5.96. The van der Waals surface area contributed by atoms with E-state index >= 15 is 0 Å². The van der Waals surface area contributed by atoms with Crippen LogP contribution in [0.5, 0.6) is 5.75 Å². The summed E-state index contributed by atoms with van der Waals surface area (Å²) in [5.74, 6) is 0.893. The molecule has 1 N–H and O–H groups in total. The summed E-state index contributed by atoms with van der Waals surface area (Å²) in [7, 11) is 1.88. The van der Waals surface area contributed by atoms with Crippen LogP contribution in [0.2, 0.25) is 0 Å². The smallest absolute Gasteiger partial charge is 0.233 e. The molecule has 90 valence electrons. The van der Waals surface area contributed by atoms with Gasteiger partial charge in [0.05, 0.1) is 6.04 Å². The minimum atomic E-state index is -0.128. The van der Waals surface area contributed by atoms with Crippen LogP contribution in [0.1, 0.15) is 11.5 Å². The molecular formula is C13H16N2O2. The van der Waals surface area contributed by atoms with Gasteiger partial charge in [-0.15, -0.1) is 0 Å². The third-order valence-electron chi connectivity index (χ3n) is 3.65. The molecule has 1 unspecified atom stereocenters. The molecule has 0 bridgehead atoms. The molecule has 4 nitrogen and oxygen atoms in total. The lowest BCUT2D eigenvalue weighted by Gasteiger charge is -2.36. The van der Waals surface area contributed by atoms with Crippen molar-refractivity contribution in [1.82, 2.24) is 10.2 Å². The number of ether oxygens (including phenoxy) is 1. The van der Waals surface area contributed by atoms with Crippen LogP contribution in [0, 0.1) is 0 Å². The normalized spacial score (nSPS) is 22.5. The SMILES string of the molecule is CN(C(=O)C1COc2ccccc21)C1CNC1. The van der Waals surface area contributed by atoms with Crippen LogP contribution < -0.4 is 10.1 Å². The van der Waals surface area contributed by atoms with Crippen LogP contribution in [0.15, 0.2) is 24.3 Å². The van der Waals surface area contributed by atoms with Gasteiger partial charge in [-0.25, -0.2) is 0 Å². The van der Waals surface area contributed by atoms with Gasteiger partial charge in [0.25, 0.3) is 0 Å². The van der Waals surface area contributed by atoms with Crippen molar-refractivity contribution < 1.29 is 9.53 Å². The molecular weight excluding hydrogens is 216 g/mol. The molecule has 1 aromatic rings. The van der Waals surface area contributed by atoms with Gasteiger partial charge in [-0.3, -0.25) is 4.79 Å². The summed E-state index contributed by atoms with van der Waals surface area (Å²) >= 11 is 0. The Morgan fingerprint density at radius 3 is 2.88 bits per heavy atom. The number of nitrogens with zero attached hydrogens (tertiary/aromatic N) is 1. The summed E-state index contributed by atoms with van der Waals surface area (Å²) in [6, 6.07) is 8.14. The molecule has 0 aliphatic carbocycles. The third-order valence-corrected chi connectivity index (χ3v) is 3.65. The molecule has 1 fully saturated rings. The standard InChI is InChI=1S/C13H16N2O2/c1-15(9-6-14-7-9)13(16)11-8-17-12-5-3-2-4-10(11)12/h2-5,9,11,14H,6-8H2,1H3. The van der Waals surface area contributed by atoms with Crippen LogP contribution in [0.25, 0.3) is 0 Å². The molecule has 17 heavy (non-hydrogen) atoms. The van der Waals surface area contributed by atoms with Gasteiger partial charge >= 0.3 is 0 Å². The van der Waals surface area contributed by atoms with Crippen molar-refractivity contribution in [3.8, 4) is 5.75 Å². The highest BCUT2D eigenvalue weighted by atomic mass is 16.5. The Labute approximate surface area is 101 Å². The number of fused-ring (bicyclic) bond motifs is 1. The van der Waals surface area contributed by atoms with Crippen molar-refractivity contribution in [2.24, 2.45) is 0 Å². The van der Waals surface area contributed by atoms with E-state index in [0.717, 1.165) is 24.4 Å². The minimum absolute atomic E-state index is 0.128. The topological polar surface area (TPSA) is 41.6 Å². The fourth-order valence-electron chi connectivity index (χ4n) is 2.34. The van der Waals surface area contributed by atoms with E-state index in [4.69, 9.17) is 4.74 Å². The average molecular weight is 232 g/mol. The summed E-state index contributed by atoms with van der Waals surface area (Å²) in [6.07, 6.45) is 0. The molecule has 2 aliphatic rings. The summed E-state index contributed by atoms with van der Waals surface area (Å²) in [5.41, 5.74) is 1.02. The number of hydrogen-bond donors (Lipinski definition) is 1. The summed E-state index contributed by atoms with van der Waals surface area (Å²) in [6.45, 7) is 2.28. The van der Waals surface area contributed by atoms with Gasteiger partial charge in [0, 0.05) is 25.7 Å². The van der Waals surface area contributed by atoms with E-state index in [1.54, 1.807) is 0 Å². The summed E-state index contributed by atoms with van der Waals surface area (Å²) < 4.78 is 5.55. The van der Waals surface area contributed by atoms with E-state index in [1.165, 1.54) is 0 Å². The van der Waals surface area contributed by atoms with E-state index in [-0.39, 0.29) is 11.8 Å². The molecule has 1 atom stereocenters. The number of benzene rings is 1. The van der Waals surface area contributed by atoms with Crippen LogP contribution in [0.4, 0.5) is 0 Å². The second kappa shape index (κ2) is 4.04. The van der Waals surface area contributed by atoms with Crippen molar-refractivity contribution in [3.63, 3.8) is 0 Å². The first-order valence-electron chi connectivity index (χ1n) is 5.96. The average Bonchev–Trinajstić information content (AvgIpc) is 2.69. The Morgan fingerprint density at radius 1 is 1.41 bits per heavy atom. The predicted molar refractivity (Wildman–Crippen MR) is 64.1 cm³/mol. The summed E-state index contributed by atoms with van der Waals surface area (Å²) in [5, 5.41) is 3.18. The number of para-hydroxylation sites is 1. The number of nitrogens with one attached hydrogen (secondary N) is 1. The highest BCUT2D eigenvalue weighted by molar-refractivity contribution is 5.85. The van der Waals surface area contributed by atoms with Crippen LogP contribution in [0.3, 0.4) is 0 Å². The van der Waals surface area contributed by atoms with Gasteiger partial charge in [-0.1, -0.05) is 18.2 Å². The van der Waals surface area contributed by atoms with Gasteiger partial charge in [0.15, 0.2) is 0 Å². The number of carbonyl (C=O) groups is 1. The van der Waals surface area contributed by atoms with Gasteiger partial charge in [-0.2, -0.15) is 0 Å². The Balaban J connectivity index is 1.79. The minimum Gasteiger partial charge on any atom is -0.492 e. The zero-order chi connectivity index (χ0) is 11.8. The fourth-order valence-corrected chi connectivity index (χ4v) is 2.34. The first-order chi connectivity index (χ1) is 8.27. The van der Waals surface area contributed by atoms with Crippen LogP contribution in [-0.4, -0.2) is 43.6 Å². The lowest BCUT2D eigenvalue weighted by molar-refractivity contribution is -0.134. The van der Waals surface area contributed by atoms with Crippen LogP contribution in [-0.2, 0) is 4.79 Å². The van der Waals surface area contributed by atoms with Crippen molar-refractivity contribution >= 4 is 5.91 Å². The van der Waals surface area contributed by atoms with E-state index < -0.39 is 0 Å². The zero-order valence-corrected chi connectivity index (χ0v) is 9.85. The molecule has 2 aliphatic heterocycles. The molecule has 2 heterocycles. The Hall–Kier alpha value is -1.55. The maximum atomic E-state index is 12.4. The van der Waals surface area contributed by atoms with Crippen molar-refractivity contribution in [1.29, 1.82) is 0 Å². The van der Waals surface area contributed by atoms with E-state index in [9.17, 15) is 4.79 Å². The third kappa shape index (κ3) is 1.69. The van der Waals surface area contributed by atoms with E-state index in [1.807, 2.05) is 36.2 Å². The van der Waals surface area contributed by atoms with Crippen LogP contribution >= 0.6 is 0 Å². The highest BCUT2D eigenvalue weighted by Crippen LogP contribution is 2.34. The van der Waals surface area contributed by atoms with Gasteiger partial charge < -0.3 is 15.0 Å². The number of likely N-dealkylation sites (N-methyl/N-ethyl adjacent to an activating group) is 1. The second-order valence-corrected chi connectivity index (χ2v) is 4.66. The molecule has 0 aromatic heterocycles. The molecule has 0 saturated carbocycles. The monoisotopic (exact) mass is 232 g/mol. The largest absolute Gasteiger partial charge is 0.492 e. The van der Waals surface area contributed by atoms with Crippen molar-refractivity contribution in [3.05, 3.63) is 29.8 Å². The molecule has 0 spiro atoms. The predicted octanol–water partition coefficient (Wildman–Crippen LogP) is 0.593. The molecule has 0 radical (unpaired) electrons. The van der Waals surface area contributed by atoms with Gasteiger partial charge in [-0.05, 0) is 6.07 Å². The first kappa shape index (κ1) is 10.6. The lowest BCUT2D eigenvalue weighted by atomic mass is 9.98. The van der Waals surface area contributed by atoms with Gasteiger partial charge in [0.1, 0.15) is 18.3 Å².